The summed E-state index contributed by atoms with van der Waals surface area (Å²) in [4.78, 5) is 0. The molecule has 2 heterocycles. The summed E-state index contributed by atoms with van der Waals surface area (Å²) in [5.41, 5.74) is -2.80. The Morgan fingerprint density at radius 1 is 1.00 bits per heavy atom. The summed E-state index contributed by atoms with van der Waals surface area (Å²) >= 11 is 0. The molecule has 0 aromatic carbocycles. The van der Waals surface area contributed by atoms with Gasteiger partial charge in [-0.1, -0.05) is 0 Å². The van der Waals surface area contributed by atoms with Gasteiger partial charge in [-0.15, -0.1) is 0 Å². The van der Waals surface area contributed by atoms with Gasteiger partial charge >= 0.3 is 6.18 Å². The van der Waals surface area contributed by atoms with Crippen LogP contribution in [0.1, 0.15) is 19.3 Å². The first-order chi connectivity index (χ1) is 9.67. The van der Waals surface area contributed by atoms with Crippen LogP contribution in [0.2, 0.25) is 0 Å². The fraction of sp³-hybridized carbons (Fsp3) is 1.00. The second-order valence-electron chi connectivity index (χ2n) is 5.30. The van der Waals surface area contributed by atoms with Gasteiger partial charge in [-0.05, 0) is 19.3 Å². The fourth-order valence-corrected chi connectivity index (χ4v) is 4.17. The molecule has 0 amide bonds. The van der Waals surface area contributed by atoms with E-state index < -0.39 is 34.8 Å². The quantitative estimate of drug-likeness (QED) is 0.792. The molecule has 0 bridgehead atoms. The molecule has 1 unspecified atom stereocenters. The number of alkyl halides is 3. The predicted octanol–water partition coefficient (Wildman–Crippen LogP) is 0.343. The van der Waals surface area contributed by atoms with E-state index in [-0.39, 0.29) is 45.8 Å². The van der Waals surface area contributed by atoms with Crippen molar-refractivity contribution >= 4 is 10.2 Å². The van der Waals surface area contributed by atoms with Crippen LogP contribution in [0.3, 0.4) is 0 Å². The highest BCUT2D eigenvalue weighted by Gasteiger charge is 2.54. The molecule has 2 rings (SSSR count). The summed E-state index contributed by atoms with van der Waals surface area (Å²) in [6, 6.07) is 0. The van der Waals surface area contributed by atoms with Gasteiger partial charge in [0.05, 0.1) is 13.2 Å². The molecule has 0 saturated carbocycles. The van der Waals surface area contributed by atoms with Crippen LogP contribution in [0.4, 0.5) is 13.2 Å². The van der Waals surface area contributed by atoms with Gasteiger partial charge in [-0.2, -0.15) is 30.2 Å². The standard InChI is InChI=1S/C11H19F3N2O4S/c12-11(13,14)10(17)2-1-4-15(5-3-10)21(18,19)16-6-8-20-9-7-16/h17H,1-9H2. The zero-order valence-electron chi connectivity index (χ0n) is 11.5. The van der Waals surface area contributed by atoms with E-state index in [1.807, 2.05) is 0 Å². The molecular formula is C11H19F3N2O4S. The Balaban J connectivity index is 2.09. The van der Waals surface area contributed by atoms with Crippen molar-refractivity contribution in [3.8, 4) is 0 Å². The monoisotopic (exact) mass is 332 g/mol. The van der Waals surface area contributed by atoms with Crippen LogP contribution in [-0.4, -0.2) is 73.3 Å². The lowest BCUT2D eigenvalue weighted by atomic mass is 9.94. The molecule has 21 heavy (non-hydrogen) atoms. The highest BCUT2D eigenvalue weighted by molar-refractivity contribution is 7.86. The SMILES string of the molecule is O=S(=O)(N1CCOCC1)N1CCCC(O)(C(F)(F)F)CC1. The second-order valence-corrected chi connectivity index (χ2v) is 7.23. The van der Waals surface area contributed by atoms with Crippen molar-refractivity contribution in [3.63, 3.8) is 0 Å². The maximum Gasteiger partial charge on any atom is 0.417 e. The van der Waals surface area contributed by atoms with Crippen LogP contribution in [0.5, 0.6) is 0 Å². The van der Waals surface area contributed by atoms with Crippen LogP contribution in [0.25, 0.3) is 0 Å². The molecule has 0 aromatic rings. The third-order valence-electron chi connectivity index (χ3n) is 3.92. The van der Waals surface area contributed by atoms with Crippen LogP contribution >= 0.6 is 0 Å². The lowest BCUT2D eigenvalue weighted by Gasteiger charge is -2.32. The van der Waals surface area contributed by atoms with Crippen molar-refractivity contribution < 1.29 is 31.4 Å². The number of morpholine rings is 1. The molecule has 2 fully saturated rings. The second kappa shape index (κ2) is 5.99. The third kappa shape index (κ3) is 3.50. The highest BCUT2D eigenvalue weighted by Crippen LogP contribution is 2.38. The van der Waals surface area contributed by atoms with Gasteiger partial charge in [-0.25, -0.2) is 0 Å². The van der Waals surface area contributed by atoms with Crippen molar-refractivity contribution in [2.24, 2.45) is 0 Å². The van der Waals surface area contributed by atoms with Gasteiger partial charge in [-0.3, -0.25) is 0 Å². The zero-order chi connectivity index (χ0) is 15.7. The van der Waals surface area contributed by atoms with Crippen molar-refractivity contribution in [1.29, 1.82) is 0 Å². The molecule has 2 saturated heterocycles. The van der Waals surface area contributed by atoms with Crippen LogP contribution in [0.15, 0.2) is 0 Å². The summed E-state index contributed by atoms with van der Waals surface area (Å²) in [5, 5.41) is 9.70. The number of ether oxygens (including phenoxy) is 1. The Morgan fingerprint density at radius 3 is 2.14 bits per heavy atom. The van der Waals surface area contributed by atoms with E-state index in [4.69, 9.17) is 4.74 Å². The molecule has 2 aliphatic heterocycles. The highest BCUT2D eigenvalue weighted by atomic mass is 32.2. The number of aliphatic hydroxyl groups is 1. The summed E-state index contributed by atoms with van der Waals surface area (Å²) < 4.78 is 70.6. The van der Waals surface area contributed by atoms with E-state index in [0.717, 1.165) is 4.31 Å². The normalized spacial score (nSPS) is 31.0. The lowest BCUT2D eigenvalue weighted by Crippen LogP contribution is -2.50. The molecule has 0 radical (unpaired) electrons. The smallest absolute Gasteiger partial charge is 0.380 e. The van der Waals surface area contributed by atoms with E-state index in [9.17, 15) is 26.7 Å². The lowest BCUT2D eigenvalue weighted by molar-refractivity contribution is -0.263. The number of hydrogen-bond acceptors (Lipinski definition) is 4. The Kier molecular flexibility index (Phi) is 4.84. The van der Waals surface area contributed by atoms with Gasteiger partial charge in [0.2, 0.25) is 0 Å². The van der Waals surface area contributed by atoms with Crippen molar-refractivity contribution in [2.75, 3.05) is 39.4 Å². The molecular weight excluding hydrogens is 313 g/mol. The Morgan fingerprint density at radius 2 is 1.57 bits per heavy atom. The van der Waals surface area contributed by atoms with E-state index in [0.29, 0.717) is 0 Å². The molecule has 0 spiro atoms. The van der Waals surface area contributed by atoms with Gasteiger partial charge in [0.1, 0.15) is 0 Å². The van der Waals surface area contributed by atoms with E-state index in [1.165, 1.54) is 4.31 Å². The Hall–Kier alpha value is -0.420. The topological polar surface area (TPSA) is 70.1 Å². The number of hydrogen-bond donors (Lipinski definition) is 1. The minimum absolute atomic E-state index is 0.0158. The van der Waals surface area contributed by atoms with Crippen LogP contribution in [0, 0.1) is 0 Å². The predicted molar refractivity (Wildman–Crippen MR) is 67.7 cm³/mol. The summed E-state index contributed by atoms with van der Waals surface area (Å²) in [5.74, 6) is 0. The van der Waals surface area contributed by atoms with Crippen molar-refractivity contribution in [3.05, 3.63) is 0 Å². The Bertz CT molecular complexity index is 465. The molecule has 1 atom stereocenters. The average Bonchev–Trinajstić information content (AvgIpc) is 2.62. The molecule has 124 valence electrons. The zero-order valence-corrected chi connectivity index (χ0v) is 12.3. The van der Waals surface area contributed by atoms with Gasteiger partial charge < -0.3 is 9.84 Å². The molecule has 1 N–H and O–H groups in total. The van der Waals surface area contributed by atoms with Crippen molar-refractivity contribution in [2.45, 2.75) is 31.0 Å². The van der Waals surface area contributed by atoms with Crippen molar-refractivity contribution in [1.82, 2.24) is 8.61 Å². The van der Waals surface area contributed by atoms with E-state index >= 15 is 0 Å². The third-order valence-corrected chi connectivity index (χ3v) is 5.96. The average molecular weight is 332 g/mol. The largest absolute Gasteiger partial charge is 0.417 e. The van der Waals surface area contributed by atoms with Crippen LogP contribution < -0.4 is 0 Å². The first kappa shape index (κ1) is 16.9. The molecule has 0 aromatic heterocycles. The van der Waals surface area contributed by atoms with E-state index in [1.54, 1.807) is 0 Å². The minimum Gasteiger partial charge on any atom is -0.380 e. The van der Waals surface area contributed by atoms with Crippen LogP contribution in [-0.2, 0) is 14.9 Å². The first-order valence-electron chi connectivity index (χ1n) is 6.79. The summed E-state index contributed by atoms with van der Waals surface area (Å²) in [7, 11) is -3.80. The number of rotatable bonds is 2. The Labute approximate surface area is 121 Å². The number of nitrogens with zero attached hydrogens (tertiary/aromatic N) is 2. The van der Waals surface area contributed by atoms with Gasteiger partial charge in [0.25, 0.3) is 10.2 Å². The first-order valence-corrected chi connectivity index (χ1v) is 8.19. The maximum absolute atomic E-state index is 12.8. The summed E-state index contributed by atoms with van der Waals surface area (Å²) in [6.45, 7) is 0.595. The molecule has 2 aliphatic rings. The van der Waals surface area contributed by atoms with E-state index in [2.05, 4.69) is 0 Å². The minimum atomic E-state index is -4.74. The fourth-order valence-electron chi connectivity index (χ4n) is 2.55. The summed E-state index contributed by atoms with van der Waals surface area (Å²) in [6.07, 6.45) is -5.89. The van der Waals surface area contributed by atoms with Gasteiger partial charge in [0, 0.05) is 26.2 Å². The number of halogens is 3. The maximum atomic E-state index is 12.8. The molecule has 0 aliphatic carbocycles. The molecule has 10 heteroatoms. The van der Waals surface area contributed by atoms with Gasteiger partial charge in [0.15, 0.2) is 5.60 Å². The molecule has 6 nitrogen and oxygen atoms in total.